The molecule has 22 heavy (non-hydrogen) atoms. The summed E-state index contributed by atoms with van der Waals surface area (Å²) in [6.45, 7) is 0.779. The molecule has 14 heteroatoms. The van der Waals surface area contributed by atoms with Gasteiger partial charge in [-0.15, -0.1) is 0 Å². The van der Waals surface area contributed by atoms with E-state index in [0.717, 1.165) is 0 Å². The van der Waals surface area contributed by atoms with Crippen LogP contribution in [0.15, 0.2) is 0 Å². The highest BCUT2D eigenvalue weighted by Gasteiger charge is 2.20. The van der Waals surface area contributed by atoms with E-state index in [-0.39, 0.29) is 22.8 Å². The number of nitrogens with one attached hydrogen (secondary N) is 2. The first-order valence-corrected chi connectivity index (χ1v) is 6.12. The minimum absolute atomic E-state index is 0.143. The molecule has 0 aromatic rings. The van der Waals surface area contributed by atoms with Crippen molar-refractivity contribution in [2.45, 2.75) is 26.1 Å². The van der Waals surface area contributed by atoms with Gasteiger partial charge in [-0.25, -0.2) is 10.1 Å². The fourth-order valence-electron chi connectivity index (χ4n) is 1.04. The molecule has 0 bridgehead atoms. The zero-order valence-electron chi connectivity index (χ0n) is 12.1. The number of nitrogens with zero attached hydrogens (tertiary/aromatic N) is 4. The monoisotopic (exact) mass is 328 g/mol. The third-order valence-corrected chi connectivity index (χ3v) is 1.85. The molecule has 0 heterocycles. The maximum Gasteiger partial charge on any atom is 0.252 e. The fourth-order valence-corrected chi connectivity index (χ4v) is 1.04. The maximum atomic E-state index is 11.0. The van der Waals surface area contributed by atoms with E-state index in [0.29, 0.717) is 5.01 Å². The summed E-state index contributed by atoms with van der Waals surface area (Å²) in [5.41, 5.74) is 3.63. The van der Waals surface area contributed by atoms with Crippen LogP contribution in [-0.4, -0.2) is 68.8 Å². The maximum absolute atomic E-state index is 11.0. The zero-order chi connectivity index (χ0) is 17.1. The van der Waals surface area contributed by atoms with Crippen LogP contribution in [0.25, 0.3) is 0 Å². The molecule has 0 spiro atoms. The van der Waals surface area contributed by atoms with Crippen LogP contribution in [0.3, 0.4) is 0 Å². The molecular weight excluding hydrogens is 308 g/mol. The summed E-state index contributed by atoms with van der Waals surface area (Å²) >= 11 is 0. The summed E-state index contributed by atoms with van der Waals surface area (Å²) < 4.78 is 0. The van der Waals surface area contributed by atoms with Crippen LogP contribution in [0.2, 0.25) is 0 Å². The predicted octanol–water partition coefficient (Wildman–Crippen LogP) is -2.41. The lowest BCUT2D eigenvalue weighted by molar-refractivity contribution is -0.714. The second kappa shape index (κ2) is 10.6. The lowest BCUT2D eigenvalue weighted by Crippen LogP contribution is -2.42. The summed E-state index contributed by atoms with van der Waals surface area (Å²) in [6.07, 6.45) is -1.82. The molecular formula is C8H20N6O8+2. The summed E-state index contributed by atoms with van der Waals surface area (Å²) in [5.74, 6) is 0. The minimum Gasteiger partial charge on any atom is -0.387 e. The van der Waals surface area contributed by atoms with Gasteiger partial charge in [0.05, 0.1) is 9.81 Å². The minimum atomic E-state index is -0.912. The lowest BCUT2D eigenvalue weighted by Gasteiger charge is -2.11. The second-order valence-electron chi connectivity index (χ2n) is 4.29. The third kappa shape index (κ3) is 10.6. The Kier molecular flexibility index (Phi) is 9.51. The van der Waals surface area contributed by atoms with Gasteiger partial charge in [-0.2, -0.15) is 9.68 Å². The molecule has 0 aliphatic rings. The number of nitroso groups, excluding NO2 is 2. The topological polar surface area (TPSA) is 170 Å². The van der Waals surface area contributed by atoms with Gasteiger partial charge in [-0.05, 0) is 25.0 Å². The van der Waals surface area contributed by atoms with Gasteiger partial charge in [0, 0.05) is 0 Å². The van der Waals surface area contributed by atoms with Crippen molar-refractivity contribution in [2.24, 2.45) is 0 Å². The van der Waals surface area contributed by atoms with Gasteiger partial charge in [-0.1, -0.05) is 5.01 Å². The van der Waals surface area contributed by atoms with E-state index in [1.165, 1.54) is 13.8 Å². The van der Waals surface area contributed by atoms with E-state index in [9.17, 15) is 19.9 Å². The smallest absolute Gasteiger partial charge is 0.252 e. The number of aliphatic hydroxyl groups is 2. The Bertz CT molecular complexity index is 350. The van der Waals surface area contributed by atoms with Crippen LogP contribution in [-0.2, 0) is 9.68 Å². The first-order valence-electron chi connectivity index (χ1n) is 6.12. The van der Waals surface area contributed by atoms with E-state index in [1.807, 2.05) is 11.2 Å². The molecule has 4 N–H and O–H groups in total. The third-order valence-electron chi connectivity index (χ3n) is 1.85. The van der Waals surface area contributed by atoms with Crippen molar-refractivity contribution in [3.63, 3.8) is 0 Å². The summed E-state index contributed by atoms with van der Waals surface area (Å²) in [5, 5.41) is 28.0. The van der Waals surface area contributed by atoms with Crippen LogP contribution in [0.5, 0.6) is 0 Å². The van der Waals surface area contributed by atoms with Crippen molar-refractivity contribution < 1.29 is 34.7 Å². The Labute approximate surface area is 124 Å². The summed E-state index contributed by atoms with van der Waals surface area (Å²) in [6, 6.07) is 0. The number of hydrogen-bond donors (Lipinski definition) is 4. The molecule has 0 aliphatic heterocycles. The molecule has 0 saturated carbocycles. The van der Waals surface area contributed by atoms with Gasteiger partial charge in [0.15, 0.2) is 5.03 Å². The molecule has 0 aromatic heterocycles. The average molecular weight is 328 g/mol. The van der Waals surface area contributed by atoms with E-state index in [4.69, 9.17) is 10.2 Å². The summed E-state index contributed by atoms with van der Waals surface area (Å²) in [7, 11) is 0. The van der Waals surface area contributed by atoms with Crippen molar-refractivity contribution >= 4 is 0 Å². The van der Waals surface area contributed by atoms with Crippen molar-refractivity contribution in [1.29, 1.82) is 0 Å². The second-order valence-corrected chi connectivity index (χ2v) is 4.29. The molecule has 0 aromatic carbocycles. The Morgan fingerprint density at radius 2 is 1.36 bits per heavy atom. The quantitative estimate of drug-likeness (QED) is 0.123. The number of aliphatic hydroxyl groups excluding tert-OH is 2. The van der Waals surface area contributed by atoms with Crippen LogP contribution in [0, 0.1) is 19.9 Å². The molecule has 0 unspecified atom stereocenters. The van der Waals surface area contributed by atoms with Crippen LogP contribution < -0.4 is 11.2 Å². The number of nitro groups is 1. The molecule has 0 saturated heterocycles. The first kappa shape index (κ1) is 19.8. The highest BCUT2D eigenvalue weighted by Crippen LogP contribution is 1.89. The molecule has 0 rings (SSSR count). The highest BCUT2D eigenvalue weighted by atomic mass is 16.8. The Morgan fingerprint density at radius 3 is 1.64 bits per heavy atom. The van der Waals surface area contributed by atoms with Gasteiger partial charge in [0.25, 0.3) is 13.1 Å². The fraction of sp³-hybridized carbons (Fsp3) is 1.00. The first-order chi connectivity index (χ1) is 10.2. The predicted molar refractivity (Wildman–Crippen MR) is 67.4 cm³/mol. The number of hydrogen-bond acceptors (Lipinski definition) is 8. The molecule has 0 amide bonds. The van der Waals surface area contributed by atoms with E-state index >= 15 is 0 Å². The normalized spacial score (nSPS) is 13.1. The molecule has 0 aliphatic carbocycles. The van der Waals surface area contributed by atoms with Crippen molar-refractivity contribution in [2.75, 3.05) is 26.6 Å². The van der Waals surface area contributed by atoms with Gasteiger partial charge in [-0.3, -0.25) is 0 Å². The Hall–Kier alpha value is -2.16. The Balaban J connectivity index is 3.99. The molecule has 14 nitrogen and oxygen atoms in total. The van der Waals surface area contributed by atoms with Crippen LogP contribution in [0.1, 0.15) is 13.8 Å². The average Bonchev–Trinajstić information content (AvgIpc) is 2.34. The van der Waals surface area contributed by atoms with Crippen molar-refractivity contribution in [1.82, 2.24) is 16.2 Å². The largest absolute Gasteiger partial charge is 0.387 e. The Morgan fingerprint density at radius 1 is 1.00 bits per heavy atom. The van der Waals surface area contributed by atoms with E-state index in [1.54, 1.807) is 0 Å². The van der Waals surface area contributed by atoms with Crippen molar-refractivity contribution in [3.05, 3.63) is 19.9 Å². The summed E-state index contributed by atoms with van der Waals surface area (Å²) in [4.78, 5) is 42.1. The molecule has 0 fully saturated rings. The molecule has 2 atom stereocenters. The van der Waals surface area contributed by atoms with Gasteiger partial charge < -0.3 is 10.2 Å². The van der Waals surface area contributed by atoms with E-state index < -0.39 is 30.7 Å². The lowest BCUT2D eigenvalue weighted by atomic mass is 10.4. The van der Waals surface area contributed by atoms with Gasteiger partial charge >= 0.3 is 0 Å². The highest BCUT2D eigenvalue weighted by molar-refractivity contribution is 4.36. The zero-order valence-corrected chi connectivity index (χ0v) is 12.1. The molecule has 128 valence electrons. The standard InChI is InChI=1S/C8H20N6O8/c1-7(15)3-12(17)9-21-5-11(14(19)20)6-22-10-13(18)4-8(2)16/h7-8,15-16H,3-6H2,1-2H3,(H,9,17)(H,10,18)/q+2/t7-,8-/m1/s1. The van der Waals surface area contributed by atoms with Gasteiger partial charge in [0.1, 0.15) is 21.9 Å². The van der Waals surface area contributed by atoms with Crippen molar-refractivity contribution in [3.8, 4) is 0 Å². The van der Waals surface area contributed by atoms with Crippen LogP contribution in [0.4, 0.5) is 0 Å². The van der Waals surface area contributed by atoms with Crippen LogP contribution >= 0.6 is 0 Å². The SMILES string of the molecule is C[C@@H](O)C[N+](=O)NOCN(CON[N+](=O)C[C@@H](C)O)[N+](=O)[O-]. The molecule has 0 radical (unpaired) electrons. The van der Waals surface area contributed by atoms with Gasteiger partial charge in [0.2, 0.25) is 13.5 Å². The number of rotatable bonds is 13. The number of hydrazine groups is 3. The van der Waals surface area contributed by atoms with E-state index in [2.05, 4.69) is 9.68 Å².